The molecule has 0 atom stereocenters. The minimum Gasteiger partial charge on any atom is -0.444 e. The molecule has 0 bridgehead atoms. The average Bonchev–Trinajstić information content (AvgIpc) is 2.73. The zero-order valence-corrected chi connectivity index (χ0v) is 20.1. The summed E-state index contributed by atoms with van der Waals surface area (Å²) in [5.41, 5.74) is 2.52. The third-order valence-electron chi connectivity index (χ3n) is 6.18. The van der Waals surface area contributed by atoms with E-state index < -0.39 is 5.60 Å². The number of benzene rings is 1. The van der Waals surface area contributed by atoms with E-state index in [-0.39, 0.29) is 18.0 Å². The lowest BCUT2D eigenvalue weighted by molar-refractivity contribution is 0.0205. The number of carbonyl (C=O) groups is 2. The van der Waals surface area contributed by atoms with E-state index in [1.807, 2.05) is 45.0 Å². The summed E-state index contributed by atoms with van der Waals surface area (Å²) in [5, 5.41) is 3.48. The summed E-state index contributed by atoms with van der Waals surface area (Å²) in [6.45, 7) is 8.29. The van der Waals surface area contributed by atoms with Gasteiger partial charge >= 0.3 is 12.1 Å². The van der Waals surface area contributed by atoms with Crippen LogP contribution >= 0.6 is 11.6 Å². The zero-order chi connectivity index (χ0) is 23.6. The molecule has 8 heteroatoms. The molecule has 2 aromatic rings. The van der Waals surface area contributed by atoms with Gasteiger partial charge in [0.15, 0.2) is 0 Å². The van der Waals surface area contributed by atoms with E-state index in [2.05, 4.69) is 22.4 Å². The van der Waals surface area contributed by atoms with Gasteiger partial charge in [-0.15, -0.1) is 0 Å². The number of ether oxygens (including phenoxy) is 1. The molecule has 3 amide bonds. The number of aromatic nitrogens is 1. The molecule has 1 aromatic heterocycles. The number of nitrogens with one attached hydrogen (secondary N) is 1. The van der Waals surface area contributed by atoms with Crippen molar-refractivity contribution < 1.29 is 14.3 Å². The Labute approximate surface area is 200 Å². The van der Waals surface area contributed by atoms with E-state index in [1.165, 1.54) is 5.56 Å². The lowest BCUT2D eigenvalue weighted by Crippen LogP contribution is -2.50. The number of amides is 3. The molecule has 33 heavy (non-hydrogen) atoms. The summed E-state index contributed by atoms with van der Waals surface area (Å²) in [7, 11) is 0. The molecule has 2 fully saturated rings. The second kappa shape index (κ2) is 9.59. The number of halogens is 1. The molecule has 3 heterocycles. The Morgan fingerprint density at radius 2 is 1.70 bits per heavy atom. The largest absolute Gasteiger partial charge is 0.444 e. The first-order chi connectivity index (χ1) is 15.7. The molecule has 1 N–H and O–H groups in total. The minimum atomic E-state index is -0.475. The van der Waals surface area contributed by atoms with Crippen molar-refractivity contribution in [3.8, 4) is 0 Å². The highest BCUT2D eigenvalue weighted by Crippen LogP contribution is 2.32. The van der Waals surface area contributed by atoms with Crippen LogP contribution in [0.2, 0.25) is 5.15 Å². The van der Waals surface area contributed by atoms with Crippen LogP contribution in [0.25, 0.3) is 0 Å². The number of rotatable bonds is 3. The second-order valence-corrected chi connectivity index (χ2v) is 10.1. The highest BCUT2D eigenvalue weighted by atomic mass is 35.5. The predicted octanol–water partition coefficient (Wildman–Crippen LogP) is 5.48. The van der Waals surface area contributed by atoms with Crippen LogP contribution in [0, 0.1) is 0 Å². The van der Waals surface area contributed by atoms with Crippen LogP contribution in [-0.4, -0.2) is 58.7 Å². The van der Waals surface area contributed by atoms with Crippen molar-refractivity contribution in [3.05, 3.63) is 58.9 Å². The van der Waals surface area contributed by atoms with Crippen molar-refractivity contribution in [1.82, 2.24) is 14.8 Å². The molecule has 0 unspecified atom stereocenters. The quantitative estimate of drug-likeness (QED) is 0.602. The molecule has 176 valence electrons. The van der Waals surface area contributed by atoms with Crippen LogP contribution in [0.15, 0.2) is 42.6 Å². The fraction of sp³-hybridized carbons (Fsp3) is 0.480. The molecule has 4 rings (SSSR count). The Morgan fingerprint density at radius 3 is 2.30 bits per heavy atom. The van der Waals surface area contributed by atoms with Gasteiger partial charge in [0, 0.05) is 44.0 Å². The summed E-state index contributed by atoms with van der Waals surface area (Å²) < 4.78 is 5.47. The number of hydrogen-bond acceptors (Lipinski definition) is 4. The maximum Gasteiger partial charge on any atom is 0.410 e. The summed E-state index contributed by atoms with van der Waals surface area (Å²) in [4.78, 5) is 32.5. The first-order valence-electron chi connectivity index (χ1n) is 11.4. The van der Waals surface area contributed by atoms with Gasteiger partial charge in [0.25, 0.3) is 0 Å². The monoisotopic (exact) mass is 470 g/mol. The minimum absolute atomic E-state index is 0.107. The number of carbonyl (C=O) groups excluding carboxylic acids is 2. The van der Waals surface area contributed by atoms with Gasteiger partial charge in [0.05, 0.1) is 0 Å². The standard InChI is InChI=1S/C25H31ClN4O3/c1-25(2,3)33-24(32)29-13-10-18(11-14-29)17-6-8-20(9-7-17)28-23(31)30-15-19(16-30)21-5-4-12-27-22(21)26/h4-9,12,18-19H,10-11,13-16H2,1-3H3,(H,28,31). The lowest BCUT2D eigenvalue weighted by atomic mass is 9.89. The van der Waals surface area contributed by atoms with Crippen molar-refractivity contribution in [2.45, 2.75) is 51.0 Å². The summed E-state index contributed by atoms with van der Waals surface area (Å²) in [6, 6.07) is 11.8. The summed E-state index contributed by atoms with van der Waals surface area (Å²) in [6.07, 6.45) is 3.23. The van der Waals surface area contributed by atoms with Crippen LogP contribution in [0.5, 0.6) is 0 Å². The number of nitrogens with zero attached hydrogens (tertiary/aromatic N) is 3. The first kappa shape index (κ1) is 23.4. The number of hydrogen-bond donors (Lipinski definition) is 1. The van der Waals surface area contributed by atoms with Crippen molar-refractivity contribution in [3.63, 3.8) is 0 Å². The lowest BCUT2D eigenvalue weighted by Gasteiger charge is -2.39. The Kier molecular flexibility index (Phi) is 6.79. The maximum absolute atomic E-state index is 12.6. The molecule has 7 nitrogen and oxygen atoms in total. The van der Waals surface area contributed by atoms with Gasteiger partial charge in [-0.2, -0.15) is 0 Å². The van der Waals surface area contributed by atoms with Gasteiger partial charge in [-0.25, -0.2) is 14.6 Å². The fourth-order valence-electron chi connectivity index (χ4n) is 4.31. The summed E-state index contributed by atoms with van der Waals surface area (Å²) >= 11 is 6.16. The van der Waals surface area contributed by atoms with Crippen molar-refractivity contribution in [2.75, 3.05) is 31.5 Å². The fourth-order valence-corrected chi connectivity index (χ4v) is 4.58. The van der Waals surface area contributed by atoms with Gasteiger partial charge in [-0.1, -0.05) is 29.8 Å². The van der Waals surface area contributed by atoms with Crippen molar-refractivity contribution >= 4 is 29.4 Å². The van der Waals surface area contributed by atoms with Crippen LogP contribution in [0.3, 0.4) is 0 Å². The molecular formula is C25H31ClN4O3. The molecule has 0 spiro atoms. The number of pyridine rings is 1. The van der Waals surface area contributed by atoms with Gasteiger partial charge in [-0.3, -0.25) is 0 Å². The number of urea groups is 1. The molecule has 2 aliphatic heterocycles. The molecule has 2 saturated heterocycles. The van der Waals surface area contributed by atoms with Crippen LogP contribution in [0.1, 0.15) is 56.6 Å². The van der Waals surface area contributed by atoms with E-state index in [0.29, 0.717) is 37.3 Å². The SMILES string of the molecule is CC(C)(C)OC(=O)N1CCC(c2ccc(NC(=O)N3CC(c4cccnc4Cl)C3)cc2)CC1. The third-order valence-corrected chi connectivity index (χ3v) is 6.49. The van der Waals surface area contributed by atoms with E-state index in [1.54, 1.807) is 16.0 Å². The van der Waals surface area contributed by atoms with Crippen LogP contribution in [-0.2, 0) is 4.74 Å². The molecule has 0 saturated carbocycles. The smallest absolute Gasteiger partial charge is 0.410 e. The highest BCUT2D eigenvalue weighted by molar-refractivity contribution is 6.30. The van der Waals surface area contributed by atoms with Gasteiger partial charge < -0.3 is 19.9 Å². The van der Waals surface area contributed by atoms with Crippen LogP contribution < -0.4 is 5.32 Å². The molecule has 0 radical (unpaired) electrons. The Hall–Kier alpha value is -2.80. The number of anilines is 1. The van der Waals surface area contributed by atoms with Crippen LogP contribution in [0.4, 0.5) is 15.3 Å². The molecule has 0 aliphatic carbocycles. The van der Waals surface area contributed by atoms with E-state index in [0.717, 1.165) is 24.1 Å². The molecule has 2 aliphatic rings. The van der Waals surface area contributed by atoms with E-state index >= 15 is 0 Å². The number of likely N-dealkylation sites (tertiary alicyclic amines) is 2. The van der Waals surface area contributed by atoms with Gasteiger partial charge in [-0.05, 0) is 68.9 Å². The maximum atomic E-state index is 12.6. The van der Waals surface area contributed by atoms with E-state index in [4.69, 9.17) is 16.3 Å². The topological polar surface area (TPSA) is 74.8 Å². The second-order valence-electron chi connectivity index (χ2n) is 9.78. The zero-order valence-electron chi connectivity index (χ0n) is 19.4. The van der Waals surface area contributed by atoms with Gasteiger partial charge in [0.1, 0.15) is 10.8 Å². The normalized spacial score (nSPS) is 17.5. The molecule has 1 aromatic carbocycles. The molecular weight excluding hydrogens is 440 g/mol. The van der Waals surface area contributed by atoms with Crippen molar-refractivity contribution in [2.24, 2.45) is 0 Å². The van der Waals surface area contributed by atoms with Gasteiger partial charge in [0.2, 0.25) is 0 Å². The highest BCUT2D eigenvalue weighted by Gasteiger charge is 2.33. The average molecular weight is 471 g/mol. The first-order valence-corrected chi connectivity index (χ1v) is 11.8. The Bertz CT molecular complexity index is 991. The Balaban J connectivity index is 1.24. The predicted molar refractivity (Wildman–Crippen MR) is 129 cm³/mol. The Morgan fingerprint density at radius 1 is 1.03 bits per heavy atom. The van der Waals surface area contributed by atoms with Crippen molar-refractivity contribution in [1.29, 1.82) is 0 Å². The van der Waals surface area contributed by atoms with E-state index in [9.17, 15) is 9.59 Å². The third kappa shape index (κ3) is 5.77. The number of piperidine rings is 1. The summed E-state index contributed by atoms with van der Waals surface area (Å²) in [5.74, 6) is 0.625.